The van der Waals surface area contributed by atoms with Crippen LogP contribution in [0.3, 0.4) is 0 Å². The molecule has 0 saturated carbocycles. The summed E-state index contributed by atoms with van der Waals surface area (Å²) >= 11 is 1.17. The molecule has 0 aliphatic heterocycles. The van der Waals surface area contributed by atoms with Gasteiger partial charge in [-0.15, -0.1) is 11.3 Å². The van der Waals surface area contributed by atoms with E-state index in [9.17, 15) is 9.59 Å². The third-order valence-electron chi connectivity index (χ3n) is 2.89. The van der Waals surface area contributed by atoms with Crippen molar-refractivity contribution in [3.05, 3.63) is 40.9 Å². The first-order valence-corrected chi connectivity index (χ1v) is 8.54. The van der Waals surface area contributed by atoms with Crippen molar-refractivity contribution < 1.29 is 19.1 Å². The van der Waals surface area contributed by atoms with Crippen molar-refractivity contribution >= 4 is 28.3 Å². The van der Waals surface area contributed by atoms with Crippen LogP contribution in [0, 0.1) is 5.92 Å². The van der Waals surface area contributed by atoms with Gasteiger partial charge in [0, 0.05) is 10.9 Å². The van der Waals surface area contributed by atoms with E-state index in [1.807, 2.05) is 0 Å². The van der Waals surface area contributed by atoms with Crippen molar-refractivity contribution in [1.29, 1.82) is 0 Å². The second-order valence-electron chi connectivity index (χ2n) is 5.45. The van der Waals surface area contributed by atoms with E-state index in [-0.39, 0.29) is 18.2 Å². The van der Waals surface area contributed by atoms with Crippen LogP contribution in [0.25, 0.3) is 0 Å². The summed E-state index contributed by atoms with van der Waals surface area (Å²) in [5.74, 6) is 0.231. The van der Waals surface area contributed by atoms with Gasteiger partial charge in [-0.2, -0.15) is 0 Å². The summed E-state index contributed by atoms with van der Waals surface area (Å²) in [4.78, 5) is 27.9. The topological polar surface area (TPSA) is 77.5 Å². The predicted octanol–water partition coefficient (Wildman–Crippen LogP) is 3.61. The van der Waals surface area contributed by atoms with Crippen molar-refractivity contribution in [3.8, 4) is 5.75 Å². The Morgan fingerprint density at radius 1 is 1.33 bits per heavy atom. The number of amides is 1. The Morgan fingerprint density at radius 3 is 2.83 bits per heavy atom. The van der Waals surface area contributed by atoms with E-state index in [4.69, 9.17) is 9.47 Å². The van der Waals surface area contributed by atoms with Crippen LogP contribution in [0.4, 0.5) is 5.13 Å². The minimum absolute atomic E-state index is 0.186. The van der Waals surface area contributed by atoms with Crippen LogP contribution >= 0.6 is 11.3 Å². The summed E-state index contributed by atoms with van der Waals surface area (Å²) in [6.45, 7) is 6.70. The zero-order valence-electron chi connectivity index (χ0n) is 13.9. The van der Waals surface area contributed by atoms with E-state index in [1.54, 1.807) is 36.6 Å². The number of benzene rings is 1. The summed E-state index contributed by atoms with van der Waals surface area (Å²) < 4.78 is 10.5. The van der Waals surface area contributed by atoms with Crippen LogP contribution in [0.1, 0.15) is 41.6 Å². The van der Waals surface area contributed by atoms with Crippen molar-refractivity contribution in [3.63, 3.8) is 0 Å². The number of aromatic nitrogens is 1. The number of hydrogen-bond donors (Lipinski definition) is 1. The number of hydrogen-bond acceptors (Lipinski definition) is 6. The third-order valence-corrected chi connectivity index (χ3v) is 3.65. The highest BCUT2D eigenvalue weighted by molar-refractivity contribution is 7.14. The second kappa shape index (κ2) is 8.44. The van der Waals surface area contributed by atoms with Gasteiger partial charge in [-0.05, 0) is 31.0 Å². The minimum Gasteiger partial charge on any atom is -0.493 e. The molecule has 0 spiro atoms. The molecule has 0 saturated heterocycles. The maximum Gasteiger partial charge on any atom is 0.357 e. The van der Waals surface area contributed by atoms with Gasteiger partial charge in [0.2, 0.25) is 0 Å². The molecule has 1 N–H and O–H groups in total. The monoisotopic (exact) mass is 348 g/mol. The van der Waals surface area contributed by atoms with E-state index in [0.29, 0.717) is 29.0 Å². The first-order valence-electron chi connectivity index (χ1n) is 7.66. The number of anilines is 1. The molecule has 0 atom stereocenters. The summed E-state index contributed by atoms with van der Waals surface area (Å²) in [5, 5.41) is 4.57. The second-order valence-corrected chi connectivity index (χ2v) is 6.30. The lowest BCUT2D eigenvalue weighted by Crippen LogP contribution is -2.13. The maximum absolute atomic E-state index is 12.3. The number of rotatable bonds is 7. The Bertz CT molecular complexity index is 712. The maximum atomic E-state index is 12.3. The van der Waals surface area contributed by atoms with Crippen molar-refractivity contribution in [2.45, 2.75) is 20.8 Å². The van der Waals surface area contributed by atoms with Crippen LogP contribution in [0.5, 0.6) is 5.75 Å². The van der Waals surface area contributed by atoms with Gasteiger partial charge >= 0.3 is 5.97 Å². The van der Waals surface area contributed by atoms with Crippen LogP contribution in [-0.4, -0.2) is 30.1 Å². The molecule has 1 amide bonds. The number of esters is 1. The van der Waals surface area contributed by atoms with Crippen LogP contribution in [-0.2, 0) is 4.74 Å². The molecule has 24 heavy (non-hydrogen) atoms. The smallest absolute Gasteiger partial charge is 0.357 e. The number of carbonyl (C=O) groups excluding carboxylic acids is 2. The summed E-state index contributed by atoms with van der Waals surface area (Å²) in [7, 11) is 0. The van der Waals surface area contributed by atoms with Gasteiger partial charge < -0.3 is 9.47 Å². The fraction of sp³-hybridized carbons (Fsp3) is 0.353. The molecule has 0 radical (unpaired) electrons. The number of nitrogens with zero attached hydrogens (tertiary/aromatic N) is 1. The highest BCUT2D eigenvalue weighted by Crippen LogP contribution is 2.19. The van der Waals surface area contributed by atoms with Gasteiger partial charge in [0.1, 0.15) is 5.75 Å². The van der Waals surface area contributed by atoms with Crippen molar-refractivity contribution in [2.24, 2.45) is 5.92 Å². The van der Waals surface area contributed by atoms with Gasteiger partial charge in [-0.3, -0.25) is 10.1 Å². The average Bonchev–Trinajstić information content (AvgIpc) is 3.02. The molecule has 6 nitrogen and oxygen atoms in total. The van der Waals surface area contributed by atoms with Gasteiger partial charge in [-0.25, -0.2) is 9.78 Å². The minimum atomic E-state index is -0.502. The molecule has 7 heteroatoms. The standard InChI is InChI=1S/C17H20N2O4S/c1-4-22-16(21)14-10-24-17(18-14)19-15(20)12-6-5-7-13(8-12)23-9-11(2)3/h5-8,10-11H,4,9H2,1-3H3,(H,18,19,20). The molecule has 0 unspecified atom stereocenters. The molecular weight excluding hydrogens is 328 g/mol. The Morgan fingerprint density at radius 2 is 2.12 bits per heavy atom. The molecule has 128 valence electrons. The zero-order chi connectivity index (χ0) is 17.5. The van der Waals surface area contributed by atoms with Gasteiger partial charge in [0.15, 0.2) is 10.8 Å². The normalized spacial score (nSPS) is 10.5. The summed E-state index contributed by atoms with van der Waals surface area (Å²) in [6.07, 6.45) is 0. The van der Waals surface area contributed by atoms with Gasteiger partial charge in [0.25, 0.3) is 5.91 Å². The molecule has 1 heterocycles. The number of carbonyl (C=O) groups is 2. The molecule has 0 aliphatic rings. The first kappa shape index (κ1) is 17.9. The fourth-order valence-electron chi connectivity index (χ4n) is 1.79. The lowest BCUT2D eigenvalue weighted by atomic mass is 10.2. The number of thiazole rings is 1. The Balaban J connectivity index is 2.02. The predicted molar refractivity (Wildman–Crippen MR) is 92.8 cm³/mol. The molecule has 0 fully saturated rings. The molecular formula is C17H20N2O4S. The Labute approximate surface area is 144 Å². The lowest BCUT2D eigenvalue weighted by molar-refractivity contribution is 0.0520. The Kier molecular flexibility index (Phi) is 6.31. The van der Waals surface area contributed by atoms with Gasteiger partial charge in [-0.1, -0.05) is 19.9 Å². The molecule has 1 aromatic heterocycles. The van der Waals surface area contributed by atoms with E-state index < -0.39 is 5.97 Å². The van der Waals surface area contributed by atoms with Crippen LogP contribution in [0.2, 0.25) is 0 Å². The zero-order valence-corrected chi connectivity index (χ0v) is 14.7. The lowest BCUT2D eigenvalue weighted by Gasteiger charge is -2.09. The van der Waals surface area contributed by atoms with Gasteiger partial charge in [0.05, 0.1) is 13.2 Å². The van der Waals surface area contributed by atoms with E-state index in [0.717, 1.165) is 0 Å². The van der Waals surface area contributed by atoms with E-state index in [2.05, 4.69) is 24.1 Å². The van der Waals surface area contributed by atoms with E-state index >= 15 is 0 Å². The first-order chi connectivity index (χ1) is 11.5. The van der Waals surface area contributed by atoms with E-state index in [1.165, 1.54) is 11.3 Å². The number of ether oxygens (including phenoxy) is 2. The van der Waals surface area contributed by atoms with Crippen LogP contribution < -0.4 is 10.1 Å². The molecule has 2 rings (SSSR count). The SMILES string of the molecule is CCOC(=O)c1csc(NC(=O)c2cccc(OCC(C)C)c2)n1. The fourth-order valence-corrected chi connectivity index (χ4v) is 2.46. The summed E-state index contributed by atoms with van der Waals surface area (Å²) in [6, 6.07) is 6.94. The number of nitrogens with one attached hydrogen (secondary N) is 1. The van der Waals surface area contributed by atoms with Crippen molar-refractivity contribution in [2.75, 3.05) is 18.5 Å². The highest BCUT2D eigenvalue weighted by atomic mass is 32.1. The third kappa shape index (κ3) is 5.06. The molecule has 0 aliphatic carbocycles. The average molecular weight is 348 g/mol. The van der Waals surface area contributed by atoms with Crippen LogP contribution in [0.15, 0.2) is 29.6 Å². The molecule has 0 bridgehead atoms. The molecule has 1 aromatic carbocycles. The van der Waals surface area contributed by atoms with Crippen molar-refractivity contribution in [1.82, 2.24) is 4.98 Å². The molecule has 2 aromatic rings. The summed E-state index contributed by atoms with van der Waals surface area (Å²) in [5.41, 5.74) is 0.648. The highest BCUT2D eigenvalue weighted by Gasteiger charge is 2.14. The quantitative estimate of drug-likeness (QED) is 0.774. The largest absolute Gasteiger partial charge is 0.493 e. The Hall–Kier alpha value is -2.41.